The Hall–Kier alpha value is -2.15. The van der Waals surface area contributed by atoms with Gasteiger partial charge in [-0.1, -0.05) is 0 Å². The number of nitro benzene ring substituents is 1. The summed E-state index contributed by atoms with van der Waals surface area (Å²) < 4.78 is 5.15. The van der Waals surface area contributed by atoms with Crippen LogP contribution >= 0.6 is 0 Å². The first kappa shape index (κ1) is 14.3. The molecule has 0 bridgehead atoms. The van der Waals surface area contributed by atoms with E-state index in [4.69, 9.17) is 4.74 Å². The van der Waals surface area contributed by atoms with Gasteiger partial charge >= 0.3 is 0 Å². The van der Waals surface area contributed by atoms with Gasteiger partial charge in [-0.3, -0.25) is 14.9 Å². The Bertz CT molecular complexity index is 514. The van der Waals surface area contributed by atoms with E-state index < -0.39 is 4.92 Å². The van der Waals surface area contributed by atoms with E-state index in [9.17, 15) is 14.9 Å². The zero-order chi connectivity index (χ0) is 14.5. The van der Waals surface area contributed by atoms with Crippen LogP contribution in [0, 0.1) is 10.1 Å². The van der Waals surface area contributed by atoms with Crippen LogP contribution in [0.1, 0.15) is 18.4 Å². The third-order valence-electron chi connectivity index (χ3n) is 3.02. The van der Waals surface area contributed by atoms with Crippen LogP contribution in [0.2, 0.25) is 0 Å². The third-order valence-corrected chi connectivity index (χ3v) is 3.02. The van der Waals surface area contributed by atoms with Crippen molar-refractivity contribution in [2.75, 3.05) is 13.7 Å². The van der Waals surface area contributed by atoms with Gasteiger partial charge in [-0.2, -0.15) is 0 Å². The minimum atomic E-state index is -0.456. The Kier molecular flexibility index (Phi) is 4.52. The van der Waals surface area contributed by atoms with Gasteiger partial charge in [-0.05, 0) is 18.9 Å². The van der Waals surface area contributed by atoms with E-state index in [1.165, 1.54) is 19.2 Å². The smallest absolute Gasteiger partial charge is 0.270 e. The number of non-ortho nitro benzene ring substituents is 1. The summed E-state index contributed by atoms with van der Waals surface area (Å²) in [5, 5.41) is 16.6. The van der Waals surface area contributed by atoms with Crippen molar-refractivity contribution in [1.82, 2.24) is 10.6 Å². The molecule has 0 aliphatic heterocycles. The molecular weight excluding hydrogens is 262 g/mol. The topological polar surface area (TPSA) is 93.5 Å². The van der Waals surface area contributed by atoms with Crippen LogP contribution in [0.15, 0.2) is 18.2 Å². The van der Waals surface area contributed by atoms with E-state index in [0.29, 0.717) is 23.9 Å². The summed E-state index contributed by atoms with van der Waals surface area (Å²) >= 11 is 0. The van der Waals surface area contributed by atoms with Gasteiger partial charge < -0.3 is 15.4 Å². The number of hydrogen-bond donors (Lipinski definition) is 2. The number of rotatable bonds is 7. The molecule has 0 radical (unpaired) electrons. The molecule has 1 aliphatic rings. The molecule has 1 fully saturated rings. The third kappa shape index (κ3) is 3.92. The van der Waals surface area contributed by atoms with Gasteiger partial charge in [-0.25, -0.2) is 0 Å². The number of ether oxygens (including phenoxy) is 1. The van der Waals surface area contributed by atoms with Gasteiger partial charge in [-0.15, -0.1) is 0 Å². The van der Waals surface area contributed by atoms with E-state index in [1.54, 1.807) is 6.07 Å². The predicted molar refractivity (Wildman–Crippen MR) is 72.5 cm³/mol. The summed E-state index contributed by atoms with van der Waals surface area (Å²) in [5.74, 6) is 0.502. The fourth-order valence-corrected chi connectivity index (χ4v) is 1.83. The number of amides is 1. The summed E-state index contributed by atoms with van der Waals surface area (Å²) in [4.78, 5) is 21.8. The molecule has 0 heterocycles. The quantitative estimate of drug-likeness (QED) is 0.573. The maximum absolute atomic E-state index is 11.5. The van der Waals surface area contributed by atoms with Crippen molar-refractivity contribution in [3.8, 4) is 5.75 Å². The van der Waals surface area contributed by atoms with Gasteiger partial charge in [0.25, 0.3) is 5.69 Å². The van der Waals surface area contributed by atoms with E-state index in [1.807, 2.05) is 0 Å². The molecule has 108 valence electrons. The average molecular weight is 279 g/mol. The maximum atomic E-state index is 11.5. The largest absolute Gasteiger partial charge is 0.496 e. The lowest BCUT2D eigenvalue weighted by molar-refractivity contribution is -0.384. The first-order valence-electron chi connectivity index (χ1n) is 6.41. The summed E-state index contributed by atoms with van der Waals surface area (Å²) in [6, 6.07) is 4.73. The molecule has 1 aromatic carbocycles. The molecule has 1 aromatic rings. The SMILES string of the molecule is COc1ccc([N+](=O)[O-])cc1CNCC(=O)NC1CC1. The Labute approximate surface area is 116 Å². The molecule has 1 aliphatic carbocycles. The number of carbonyl (C=O) groups excluding carboxylic acids is 1. The molecule has 2 N–H and O–H groups in total. The zero-order valence-corrected chi connectivity index (χ0v) is 11.2. The first-order valence-corrected chi connectivity index (χ1v) is 6.41. The van der Waals surface area contributed by atoms with Gasteiger partial charge in [0.05, 0.1) is 18.6 Å². The average Bonchev–Trinajstić information content (AvgIpc) is 3.22. The zero-order valence-electron chi connectivity index (χ0n) is 11.2. The summed E-state index contributed by atoms with van der Waals surface area (Å²) in [5.41, 5.74) is 0.658. The highest BCUT2D eigenvalue weighted by Crippen LogP contribution is 2.23. The molecule has 0 spiro atoms. The number of carbonyl (C=O) groups is 1. The Morgan fingerprint density at radius 3 is 2.85 bits per heavy atom. The summed E-state index contributed by atoms with van der Waals surface area (Å²) in [7, 11) is 1.50. The lowest BCUT2D eigenvalue weighted by Gasteiger charge is -2.09. The van der Waals surface area contributed by atoms with Crippen molar-refractivity contribution < 1.29 is 14.5 Å². The van der Waals surface area contributed by atoms with Crippen LogP contribution in [0.25, 0.3) is 0 Å². The van der Waals surface area contributed by atoms with Crippen LogP contribution in [0.5, 0.6) is 5.75 Å². The van der Waals surface area contributed by atoms with Crippen molar-refractivity contribution in [3.05, 3.63) is 33.9 Å². The van der Waals surface area contributed by atoms with E-state index in [-0.39, 0.29) is 18.1 Å². The van der Waals surface area contributed by atoms with Gasteiger partial charge in [0.15, 0.2) is 0 Å². The molecule has 7 nitrogen and oxygen atoms in total. The molecule has 7 heteroatoms. The predicted octanol–water partition coefficient (Wildman–Crippen LogP) is 0.972. The lowest BCUT2D eigenvalue weighted by atomic mass is 10.1. The molecule has 0 saturated heterocycles. The minimum Gasteiger partial charge on any atom is -0.496 e. The Morgan fingerprint density at radius 2 is 2.25 bits per heavy atom. The first-order chi connectivity index (χ1) is 9.60. The molecule has 1 amide bonds. The fraction of sp³-hybridized carbons (Fsp3) is 0.462. The molecule has 0 aromatic heterocycles. The van der Waals surface area contributed by atoms with E-state index in [2.05, 4.69) is 10.6 Å². The van der Waals surface area contributed by atoms with Crippen LogP contribution in [0.4, 0.5) is 5.69 Å². The van der Waals surface area contributed by atoms with Crippen LogP contribution < -0.4 is 15.4 Å². The number of benzene rings is 1. The molecule has 20 heavy (non-hydrogen) atoms. The van der Waals surface area contributed by atoms with E-state index in [0.717, 1.165) is 12.8 Å². The van der Waals surface area contributed by atoms with Crippen molar-refractivity contribution in [1.29, 1.82) is 0 Å². The number of methoxy groups -OCH3 is 1. The highest BCUT2D eigenvalue weighted by molar-refractivity contribution is 5.78. The second-order valence-corrected chi connectivity index (χ2v) is 4.70. The Balaban J connectivity index is 1.91. The molecule has 1 saturated carbocycles. The van der Waals surface area contributed by atoms with Crippen molar-refractivity contribution >= 4 is 11.6 Å². The number of nitro groups is 1. The molecule has 2 rings (SSSR count). The minimum absolute atomic E-state index is 0.00466. The van der Waals surface area contributed by atoms with E-state index >= 15 is 0 Å². The maximum Gasteiger partial charge on any atom is 0.270 e. The summed E-state index contributed by atoms with van der Waals surface area (Å²) in [6.45, 7) is 0.519. The highest BCUT2D eigenvalue weighted by atomic mass is 16.6. The number of hydrogen-bond acceptors (Lipinski definition) is 5. The number of nitrogens with zero attached hydrogens (tertiary/aromatic N) is 1. The fourth-order valence-electron chi connectivity index (χ4n) is 1.83. The highest BCUT2D eigenvalue weighted by Gasteiger charge is 2.22. The van der Waals surface area contributed by atoms with Gasteiger partial charge in [0.1, 0.15) is 5.75 Å². The van der Waals surface area contributed by atoms with Crippen molar-refractivity contribution in [2.45, 2.75) is 25.4 Å². The lowest BCUT2D eigenvalue weighted by Crippen LogP contribution is -2.34. The second-order valence-electron chi connectivity index (χ2n) is 4.70. The van der Waals surface area contributed by atoms with Crippen LogP contribution in [-0.2, 0) is 11.3 Å². The van der Waals surface area contributed by atoms with Crippen molar-refractivity contribution in [3.63, 3.8) is 0 Å². The summed E-state index contributed by atoms with van der Waals surface area (Å²) in [6.07, 6.45) is 2.09. The molecular formula is C13H17N3O4. The monoisotopic (exact) mass is 279 g/mol. The van der Waals surface area contributed by atoms with Gasteiger partial charge in [0.2, 0.25) is 5.91 Å². The van der Waals surface area contributed by atoms with Crippen LogP contribution in [-0.4, -0.2) is 30.5 Å². The normalized spacial score (nSPS) is 13.8. The van der Waals surface area contributed by atoms with Gasteiger partial charge in [0, 0.05) is 30.3 Å². The van der Waals surface area contributed by atoms with Crippen LogP contribution in [0.3, 0.4) is 0 Å². The second kappa shape index (κ2) is 6.33. The molecule has 0 unspecified atom stereocenters. The molecule has 0 atom stereocenters. The Morgan fingerprint density at radius 1 is 1.50 bits per heavy atom. The number of nitrogens with one attached hydrogen (secondary N) is 2. The standard InChI is InChI=1S/C13H17N3O4/c1-20-12-5-4-11(16(18)19)6-9(12)7-14-8-13(17)15-10-2-3-10/h4-6,10,14H,2-3,7-8H2,1H3,(H,15,17). The van der Waals surface area contributed by atoms with Crippen molar-refractivity contribution in [2.24, 2.45) is 0 Å².